The minimum Gasteiger partial charge on any atom is -0.354 e. The van der Waals surface area contributed by atoms with Gasteiger partial charge in [-0.25, -0.2) is 4.98 Å². The van der Waals surface area contributed by atoms with Crippen LogP contribution in [0.25, 0.3) is 0 Å². The Kier molecular flexibility index (Phi) is 3.06. The lowest BCUT2D eigenvalue weighted by atomic mass is 10.1. The van der Waals surface area contributed by atoms with Crippen LogP contribution >= 0.6 is 0 Å². The van der Waals surface area contributed by atoms with Crippen molar-refractivity contribution in [3.8, 4) is 0 Å². The van der Waals surface area contributed by atoms with Crippen molar-refractivity contribution in [3.63, 3.8) is 0 Å². The number of nitrogens with one attached hydrogen (secondary N) is 2. The average molecular weight is 181 g/mol. The van der Waals surface area contributed by atoms with Crippen LogP contribution in [0.5, 0.6) is 0 Å². The Morgan fingerprint density at radius 1 is 1.69 bits per heavy atom. The summed E-state index contributed by atoms with van der Waals surface area (Å²) in [4.78, 5) is 18.2. The lowest BCUT2D eigenvalue weighted by Gasteiger charge is -1.99. The Bertz CT molecular complexity index is 291. The van der Waals surface area contributed by atoms with E-state index in [1.165, 1.54) is 0 Å². The SMILES string of the molecule is CNC(=O)c1cnc(CC(C)C)[nH]1. The quantitative estimate of drug-likeness (QED) is 0.730. The molecule has 13 heavy (non-hydrogen) atoms. The van der Waals surface area contributed by atoms with Crippen LogP contribution in [-0.2, 0) is 6.42 Å². The maximum Gasteiger partial charge on any atom is 0.269 e. The van der Waals surface area contributed by atoms with Gasteiger partial charge in [0.25, 0.3) is 5.91 Å². The van der Waals surface area contributed by atoms with E-state index in [0.29, 0.717) is 11.6 Å². The van der Waals surface area contributed by atoms with Gasteiger partial charge in [0.2, 0.25) is 0 Å². The number of aromatic nitrogens is 2. The molecule has 0 unspecified atom stereocenters. The average Bonchev–Trinajstić information content (AvgIpc) is 2.50. The molecule has 1 amide bonds. The largest absolute Gasteiger partial charge is 0.354 e. The molecular formula is C9H15N3O. The van der Waals surface area contributed by atoms with E-state index in [2.05, 4.69) is 29.1 Å². The van der Waals surface area contributed by atoms with Crippen LogP contribution in [-0.4, -0.2) is 22.9 Å². The van der Waals surface area contributed by atoms with E-state index >= 15 is 0 Å². The number of hydrogen-bond acceptors (Lipinski definition) is 2. The number of H-pyrrole nitrogens is 1. The van der Waals surface area contributed by atoms with Gasteiger partial charge in [0, 0.05) is 13.5 Å². The fourth-order valence-electron chi connectivity index (χ4n) is 1.10. The van der Waals surface area contributed by atoms with E-state index in [0.717, 1.165) is 12.2 Å². The molecule has 0 aliphatic rings. The minimum absolute atomic E-state index is 0.123. The van der Waals surface area contributed by atoms with Crippen LogP contribution in [0.2, 0.25) is 0 Å². The zero-order chi connectivity index (χ0) is 9.84. The summed E-state index contributed by atoms with van der Waals surface area (Å²) in [6, 6.07) is 0. The van der Waals surface area contributed by atoms with Crippen molar-refractivity contribution in [2.24, 2.45) is 5.92 Å². The van der Waals surface area contributed by atoms with Crippen molar-refractivity contribution < 1.29 is 4.79 Å². The van der Waals surface area contributed by atoms with Gasteiger partial charge in [0.15, 0.2) is 0 Å². The first kappa shape index (κ1) is 9.77. The summed E-state index contributed by atoms with van der Waals surface area (Å²) in [5, 5.41) is 2.54. The van der Waals surface area contributed by atoms with Crippen LogP contribution in [0.4, 0.5) is 0 Å². The summed E-state index contributed by atoms with van der Waals surface area (Å²) in [6.45, 7) is 4.23. The van der Waals surface area contributed by atoms with Gasteiger partial charge in [-0.3, -0.25) is 4.79 Å². The Morgan fingerprint density at radius 2 is 2.38 bits per heavy atom. The molecule has 1 heterocycles. The van der Waals surface area contributed by atoms with Crippen molar-refractivity contribution >= 4 is 5.91 Å². The standard InChI is InChI=1S/C9H15N3O/c1-6(2)4-8-11-5-7(12-8)9(13)10-3/h5-6H,4H2,1-3H3,(H,10,13)(H,11,12). The van der Waals surface area contributed by atoms with Crippen molar-refractivity contribution in [1.82, 2.24) is 15.3 Å². The zero-order valence-corrected chi connectivity index (χ0v) is 8.22. The minimum atomic E-state index is -0.123. The third kappa shape index (κ3) is 2.57. The molecule has 1 aromatic heterocycles. The second-order valence-electron chi connectivity index (χ2n) is 3.42. The van der Waals surface area contributed by atoms with Gasteiger partial charge in [-0.2, -0.15) is 0 Å². The number of aromatic amines is 1. The van der Waals surface area contributed by atoms with E-state index in [1.54, 1.807) is 13.2 Å². The predicted octanol–water partition coefficient (Wildman–Crippen LogP) is 0.968. The summed E-state index contributed by atoms with van der Waals surface area (Å²) < 4.78 is 0. The Morgan fingerprint density at radius 3 is 2.92 bits per heavy atom. The fourth-order valence-corrected chi connectivity index (χ4v) is 1.10. The Hall–Kier alpha value is -1.32. The number of imidazole rings is 1. The van der Waals surface area contributed by atoms with Crippen LogP contribution in [0, 0.1) is 5.92 Å². The van der Waals surface area contributed by atoms with Crippen LogP contribution in [0.15, 0.2) is 6.20 Å². The van der Waals surface area contributed by atoms with Crippen LogP contribution < -0.4 is 5.32 Å². The number of carbonyl (C=O) groups is 1. The second-order valence-corrected chi connectivity index (χ2v) is 3.42. The smallest absolute Gasteiger partial charge is 0.269 e. The first-order valence-electron chi connectivity index (χ1n) is 4.39. The van der Waals surface area contributed by atoms with E-state index < -0.39 is 0 Å². The van der Waals surface area contributed by atoms with E-state index in [4.69, 9.17) is 0 Å². The van der Waals surface area contributed by atoms with Gasteiger partial charge in [-0.1, -0.05) is 13.8 Å². The molecule has 0 saturated heterocycles. The first-order chi connectivity index (χ1) is 6.13. The van der Waals surface area contributed by atoms with Crippen molar-refractivity contribution in [2.45, 2.75) is 20.3 Å². The Labute approximate surface area is 77.8 Å². The molecule has 0 aliphatic heterocycles. The summed E-state index contributed by atoms with van der Waals surface area (Å²) in [5.41, 5.74) is 0.526. The third-order valence-electron chi connectivity index (χ3n) is 1.70. The van der Waals surface area contributed by atoms with Gasteiger partial charge in [0.1, 0.15) is 11.5 Å². The van der Waals surface area contributed by atoms with Gasteiger partial charge < -0.3 is 10.3 Å². The molecule has 0 aromatic carbocycles. The molecule has 4 nitrogen and oxygen atoms in total. The molecule has 72 valence electrons. The second kappa shape index (κ2) is 4.07. The highest BCUT2D eigenvalue weighted by molar-refractivity contribution is 5.91. The number of amides is 1. The lowest BCUT2D eigenvalue weighted by molar-refractivity contribution is 0.0958. The molecule has 0 radical (unpaired) electrons. The van der Waals surface area contributed by atoms with E-state index in [9.17, 15) is 4.79 Å². The molecule has 0 fully saturated rings. The van der Waals surface area contributed by atoms with E-state index in [1.807, 2.05) is 0 Å². The molecule has 4 heteroatoms. The van der Waals surface area contributed by atoms with Gasteiger partial charge in [0.05, 0.1) is 6.20 Å². The number of hydrogen-bond donors (Lipinski definition) is 2. The zero-order valence-electron chi connectivity index (χ0n) is 8.22. The van der Waals surface area contributed by atoms with Crippen molar-refractivity contribution in [2.75, 3.05) is 7.05 Å². The normalized spacial score (nSPS) is 10.5. The lowest BCUT2D eigenvalue weighted by Crippen LogP contribution is -2.18. The highest BCUT2D eigenvalue weighted by Gasteiger charge is 2.07. The predicted molar refractivity (Wildman–Crippen MR) is 50.5 cm³/mol. The van der Waals surface area contributed by atoms with Gasteiger partial charge in [-0.15, -0.1) is 0 Å². The molecular weight excluding hydrogens is 166 g/mol. The molecule has 2 N–H and O–H groups in total. The summed E-state index contributed by atoms with van der Waals surface area (Å²) >= 11 is 0. The molecule has 0 atom stereocenters. The Balaban J connectivity index is 2.69. The maximum absolute atomic E-state index is 11.1. The summed E-state index contributed by atoms with van der Waals surface area (Å²) in [7, 11) is 1.60. The molecule has 1 aromatic rings. The fraction of sp³-hybridized carbons (Fsp3) is 0.556. The number of nitrogens with zero attached hydrogens (tertiary/aromatic N) is 1. The van der Waals surface area contributed by atoms with Gasteiger partial charge in [-0.05, 0) is 5.92 Å². The maximum atomic E-state index is 11.1. The topological polar surface area (TPSA) is 57.8 Å². The van der Waals surface area contributed by atoms with Crippen molar-refractivity contribution in [3.05, 3.63) is 17.7 Å². The monoisotopic (exact) mass is 181 g/mol. The molecule has 0 aliphatic carbocycles. The molecule has 0 spiro atoms. The van der Waals surface area contributed by atoms with E-state index in [-0.39, 0.29) is 5.91 Å². The van der Waals surface area contributed by atoms with Gasteiger partial charge >= 0.3 is 0 Å². The van der Waals surface area contributed by atoms with Crippen LogP contribution in [0.3, 0.4) is 0 Å². The molecule has 1 rings (SSSR count). The summed E-state index contributed by atoms with van der Waals surface area (Å²) in [6.07, 6.45) is 2.44. The summed E-state index contributed by atoms with van der Waals surface area (Å²) in [5.74, 6) is 1.29. The third-order valence-corrected chi connectivity index (χ3v) is 1.70. The molecule has 0 saturated carbocycles. The highest BCUT2D eigenvalue weighted by atomic mass is 16.1. The molecule has 0 bridgehead atoms. The van der Waals surface area contributed by atoms with Crippen LogP contribution in [0.1, 0.15) is 30.2 Å². The number of carbonyl (C=O) groups excluding carboxylic acids is 1. The first-order valence-corrected chi connectivity index (χ1v) is 4.39. The highest BCUT2D eigenvalue weighted by Crippen LogP contribution is 2.04. The number of rotatable bonds is 3. The van der Waals surface area contributed by atoms with Crippen molar-refractivity contribution in [1.29, 1.82) is 0 Å².